The van der Waals surface area contributed by atoms with Gasteiger partial charge >= 0.3 is 0 Å². The molecule has 3 heteroatoms. The van der Waals surface area contributed by atoms with Crippen LogP contribution in [0.25, 0.3) is 0 Å². The Hall–Kier alpha value is -2.52. The maximum atomic E-state index is 12.5. The summed E-state index contributed by atoms with van der Waals surface area (Å²) >= 11 is 3.48. The van der Waals surface area contributed by atoms with Gasteiger partial charge in [0.2, 0.25) is 0 Å². The summed E-state index contributed by atoms with van der Waals surface area (Å²) in [4.78, 5) is 16.9. The Morgan fingerprint density at radius 3 is 2.08 bits per heavy atom. The number of hydrogen-bond donors (Lipinski definition) is 0. The second kappa shape index (κ2) is 7.84. The molecular formula is C21H16BrNO. The fourth-order valence-electron chi connectivity index (χ4n) is 2.46. The van der Waals surface area contributed by atoms with Crippen molar-refractivity contribution in [2.75, 3.05) is 0 Å². The molecule has 0 saturated carbocycles. The van der Waals surface area contributed by atoms with Gasteiger partial charge in [0, 0.05) is 15.6 Å². The summed E-state index contributed by atoms with van der Waals surface area (Å²) in [5.74, 6) is -0.153. The third-order valence-corrected chi connectivity index (χ3v) is 4.07. The third kappa shape index (κ3) is 4.27. The van der Waals surface area contributed by atoms with E-state index in [1.165, 1.54) is 0 Å². The Labute approximate surface area is 150 Å². The van der Waals surface area contributed by atoms with E-state index in [1.54, 1.807) is 0 Å². The van der Waals surface area contributed by atoms with Crippen LogP contribution in [0.1, 0.15) is 16.7 Å². The summed E-state index contributed by atoms with van der Waals surface area (Å²) in [6, 6.07) is 27.3. The molecule has 3 rings (SSSR count). The number of aliphatic imine (C=N–C) groups is 1. The van der Waals surface area contributed by atoms with Crippen LogP contribution in [0, 0.1) is 0 Å². The first-order valence-corrected chi connectivity index (χ1v) is 8.48. The number of amides is 1. The lowest BCUT2D eigenvalue weighted by molar-refractivity contribution is -0.117. The van der Waals surface area contributed by atoms with Crippen molar-refractivity contribution in [3.8, 4) is 0 Å². The van der Waals surface area contributed by atoms with E-state index in [0.29, 0.717) is 12.1 Å². The molecule has 0 aliphatic rings. The van der Waals surface area contributed by atoms with Crippen LogP contribution in [-0.4, -0.2) is 11.6 Å². The summed E-state index contributed by atoms with van der Waals surface area (Å²) in [7, 11) is 0. The van der Waals surface area contributed by atoms with Gasteiger partial charge in [0.15, 0.2) is 0 Å². The van der Waals surface area contributed by atoms with E-state index in [4.69, 9.17) is 0 Å². The molecule has 0 fully saturated rings. The zero-order valence-corrected chi connectivity index (χ0v) is 14.6. The van der Waals surface area contributed by atoms with Crippen LogP contribution in [0.4, 0.5) is 0 Å². The smallest absolute Gasteiger partial charge is 0.250 e. The molecule has 0 N–H and O–H groups in total. The summed E-state index contributed by atoms with van der Waals surface area (Å²) in [6.07, 6.45) is 0.297. The minimum Gasteiger partial charge on any atom is -0.272 e. The average Bonchev–Trinajstić information content (AvgIpc) is 2.61. The average molecular weight is 378 g/mol. The molecule has 24 heavy (non-hydrogen) atoms. The fourth-order valence-corrected chi connectivity index (χ4v) is 2.86. The van der Waals surface area contributed by atoms with E-state index in [0.717, 1.165) is 21.2 Å². The van der Waals surface area contributed by atoms with Crippen molar-refractivity contribution in [1.82, 2.24) is 0 Å². The summed E-state index contributed by atoms with van der Waals surface area (Å²) < 4.78 is 0.958. The minimum atomic E-state index is -0.153. The Morgan fingerprint density at radius 2 is 1.42 bits per heavy atom. The first kappa shape index (κ1) is 16.3. The van der Waals surface area contributed by atoms with Crippen molar-refractivity contribution < 1.29 is 4.79 Å². The molecular weight excluding hydrogens is 362 g/mol. The van der Waals surface area contributed by atoms with Crippen LogP contribution in [0.15, 0.2) is 94.4 Å². The van der Waals surface area contributed by atoms with E-state index in [1.807, 2.05) is 84.9 Å². The third-order valence-electron chi connectivity index (χ3n) is 3.58. The zero-order valence-electron chi connectivity index (χ0n) is 13.0. The molecule has 3 aromatic rings. The van der Waals surface area contributed by atoms with Gasteiger partial charge in [0.1, 0.15) is 0 Å². The maximum absolute atomic E-state index is 12.5. The summed E-state index contributed by atoms with van der Waals surface area (Å²) in [5.41, 5.74) is 3.50. The van der Waals surface area contributed by atoms with Crippen molar-refractivity contribution in [3.05, 3.63) is 106 Å². The van der Waals surface area contributed by atoms with Gasteiger partial charge in [-0.1, -0.05) is 88.7 Å². The van der Waals surface area contributed by atoms with Crippen molar-refractivity contribution in [2.24, 2.45) is 4.99 Å². The van der Waals surface area contributed by atoms with Gasteiger partial charge < -0.3 is 0 Å². The first-order chi connectivity index (χ1) is 11.7. The molecule has 0 spiro atoms. The molecule has 3 aromatic carbocycles. The lowest BCUT2D eigenvalue weighted by Gasteiger charge is -2.08. The number of rotatable bonds is 4. The van der Waals surface area contributed by atoms with Crippen LogP contribution in [0.2, 0.25) is 0 Å². The molecule has 2 nitrogen and oxygen atoms in total. The van der Waals surface area contributed by atoms with E-state index in [9.17, 15) is 4.79 Å². The molecule has 0 aromatic heterocycles. The molecule has 0 bridgehead atoms. The highest BCUT2D eigenvalue weighted by Crippen LogP contribution is 2.17. The predicted molar refractivity (Wildman–Crippen MR) is 101 cm³/mol. The molecule has 1 amide bonds. The summed E-state index contributed by atoms with van der Waals surface area (Å²) in [6.45, 7) is 0. The highest BCUT2D eigenvalue weighted by molar-refractivity contribution is 9.10. The second-order valence-corrected chi connectivity index (χ2v) is 6.31. The summed E-state index contributed by atoms with van der Waals surface area (Å²) in [5, 5.41) is 0. The van der Waals surface area contributed by atoms with Gasteiger partial charge in [-0.25, -0.2) is 4.99 Å². The quantitative estimate of drug-likeness (QED) is 0.584. The minimum absolute atomic E-state index is 0.153. The largest absolute Gasteiger partial charge is 0.272 e. The van der Waals surface area contributed by atoms with Crippen molar-refractivity contribution in [3.63, 3.8) is 0 Å². The zero-order chi connectivity index (χ0) is 16.8. The topological polar surface area (TPSA) is 29.4 Å². The van der Waals surface area contributed by atoms with Gasteiger partial charge in [0.05, 0.1) is 12.1 Å². The van der Waals surface area contributed by atoms with E-state index >= 15 is 0 Å². The fraction of sp³-hybridized carbons (Fsp3) is 0.0476. The van der Waals surface area contributed by atoms with Crippen LogP contribution < -0.4 is 0 Å². The van der Waals surface area contributed by atoms with Crippen LogP contribution in [-0.2, 0) is 11.2 Å². The Morgan fingerprint density at radius 1 is 0.792 bits per heavy atom. The lowest BCUT2D eigenvalue weighted by Crippen LogP contribution is -2.09. The molecule has 0 unspecified atom stereocenters. The molecule has 0 aliphatic heterocycles. The number of hydrogen-bond acceptors (Lipinski definition) is 1. The predicted octanol–water partition coefficient (Wildman–Crippen LogP) is 5.06. The monoisotopic (exact) mass is 377 g/mol. The van der Waals surface area contributed by atoms with Gasteiger partial charge in [-0.15, -0.1) is 0 Å². The number of benzene rings is 3. The van der Waals surface area contributed by atoms with Crippen LogP contribution in [0.3, 0.4) is 0 Å². The van der Waals surface area contributed by atoms with Crippen molar-refractivity contribution in [2.45, 2.75) is 6.42 Å². The van der Waals surface area contributed by atoms with Crippen molar-refractivity contribution in [1.29, 1.82) is 0 Å². The highest BCUT2D eigenvalue weighted by atomic mass is 79.9. The maximum Gasteiger partial charge on any atom is 0.250 e. The molecule has 118 valence electrons. The normalized spacial score (nSPS) is 11.3. The van der Waals surface area contributed by atoms with E-state index < -0.39 is 0 Å². The van der Waals surface area contributed by atoms with Gasteiger partial charge in [0.25, 0.3) is 5.91 Å². The Bertz CT molecular complexity index is 857. The Kier molecular flexibility index (Phi) is 5.34. The van der Waals surface area contributed by atoms with Gasteiger partial charge in [-0.2, -0.15) is 0 Å². The standard InChI is InChI=1S/C21H16BrNO/c22-19-13-7-12-18(15-19)21(17-10-5-2-6-11-17)23-20(24)14-16-8-3-1-4-9-16/h1-13,15H,14H2. The second-order valence-electron chi connectivity index (χ2n) is 5.39. The van der Waals surface area contributed by atoms with E-state index in [2.05, 4.69) is 20.9 Å². The van der Waals surface area contributed by atoms with Gasteiger partial charge in [-0.05, 0) is 17.7 Å². The highest BCUT2D eigenvalue weighted by Gasteiger charge is 2.10. The van der Waals surface area contributed by atoms with Crippen LogP contribution >= 0.6 is 15.9 Å². The number of carbonyl (C=O) groups is 1. The molecule has 0 radical (unpaired) electrons. The SMILES string of the molecule is O=C(Cc1ccccc1)N=C(c1ccccc1)c1cccc(Br)c1. The number of carbonyl (C=O) groups excluding carboxylic acids is 1. The molecule has 0 heterocycles. The Balaban J connectivity index is 1.97. The lowest BCUT2D eigenvalue weighted by atomic mass is 10.0. The molecule has 0 saturated heterocycles. The van der Waals surface area contributed by atoms with Crippen molar-refractivity contribution >= 4 is 27.5 Å². The first-order valence-electron chi connectivity index (χ1n) is 7.69. The number of halogens is 1. The molecule has 0 atom stereocenters. The number of nitrogens with zero attached hydrogens (tertiary/aromatic N) is 1. The van der Waals surface area contributed by atoms with E-state index in [-0.39, 0.29) is 5.91 Å². The van der Waals surface area contributed by atoms with Crippen LogP contribution in [0.5, 0.6) is 0 Å². The van der Waals surface area contributed by atoms with Gasteiger partial charge in [-0.3, -0.25) is 4.79 Å². The molecule has 0 aliphatic carbocycles.